The van der Waals surface area contributed by atoms with E-state index in [2.05, 4.69) is 4.98 Å². The van der Waals surface area contributed by atoms with Crippen molar-refractivity contribution in [2.75, 3.05) is 0 Å². The molecule has 2 aromatic heterocycles. The zero-order valence-corrected chi connectivity index (χ0v) is 11.3. The molecule has 0 radical (unpaired) electrons. The second kappa shape index (κ2) is 4.98. The third-order valence-corrected chi connectivity index (χ3v) is 4.69. The molecule has 17 heavy (non-hydrogen) atoms. The minimum atomic E-state index is -0.869. The number of hydrogen-bond acceptors (Lipinski definition) is 4. The summed E-state index contributed by atoms with van der Waals surface area (Å²) in [5.74, 6) is -0.869. The first-order valence-corrected chi connectivity index (χ1v) is 7.10. The number of hydrogen-bond donors (Lipinski definition) is 1. The first-order valence-electron chi connectivity index (χ1n) is 5.41. The SMILES string of the molecule is CCCc1nc(-c2sccc2C)sc1C(=O)O. The van der Waals surface area contributed by atoms with Crippen LogP contribution in [0.25, 0.3) is 9.88 Å². The molecule has 2 aromatic rings. The average Bonchev–Trinajstić information content (AvgIpc) is 2.84. The molecule has 0 aliphatic carbocycles. The van der Waals surface area contributed by atoms with Gasteiger partial charge < -0.3 is 5.11 Å². The Morgan fingerprint density at radius 3 is 2.82 bits per heavy atom. The molecule has 0 spiro atoms. The van der Waals surface area contributed by atoms with Crippen LogP contribution in [0.15, 0.2) is 11.4 Å². The van der Waals surface area contributed by atoms with E-state index in [1.54, 1.807) is 11.3 Å². The maximum atomic E-state index is 11.1. The molecular weight excluding hydrogens is 254 g/mol. The largest absolute Gasteiger partial charge is 0.477 e. The van der Waals surface area contributed by atoms with Crippen molar-refractivity contribution in [3.63, 3.8) is 0 Å². The van der Waals surface area contributed by atoms with E-state index in [0.717, 1.165) is 28.3 Å². The van der Waals surface area contributed by atoms with Crippen LogP contribution in [0, 0.1) is 6.92 Å². The molecule has 2 rings (SSSR count). The third kappa shape index (κ3) is 2.40. The summed E-state index contributed by atoms with van der Waals surface area (Å²) in [4.78, 5) is 17.1. The van der Waals surface area contributed by atoms with Crippen molar-refractivity contribution < 1.29 is 9.90 Å². The Labute approximate surface area is 108 Å². The highest BCUT2D eigenvalue weighted by Gasteiger charge is 2.18. The van der Waals surface area contributed by atoms with Crippen LogP contribution in [0.3, 0.4) is 0 Å². The molecule has 2 heterocycles. The number of aromatic carboxylic acids is 1. The predicted octanol–water partition coefficient (Wildman–Crippen LogP) is 3.83. The second-order valence-electron chi connectivity index (χ2n) is 3.78. The van der Waals surface area contributed by atoms with Gasteiger partial charge in [-0.3, -0.25) is 0 Å². The number of carboxylic acids is 1. The number of carbonyl (C=O) groups is 1. The van der Waals surface area contributed by atoms with Crippen LogP contribution in [0.5, 0.6) is 0 Å². The van der Waals surface area contributed by atoms with Crippen LogP contribution in [0.2, 0.25) is 0 Å². The van der Waals surface area contributed by atoms with Gasteiger partial charge in [0.1, 0.15) is 9.88 Å². The maximum Gasteiger partial charge on any atom is 0.347 e. The normalized spacial score (nSPS) is 10.7. The molecular formula is C12H13NO2S2. The number of carboxylic acid groups (broad SMARTS) is 1. The van der Waals surface area contributed by atoms with E-state index in [9.17, 15) is 4.79 Å². The fourth-order valence-corrected chi connectivity index (χ4v) is 3.65. The van der Waals surface area contributed by atoms with Crippen LogP contribution in [-0.2, 0) is 6.42 Å². The standard InChI is InChI=1S/C12H13NO2S2/c1-3-4-8-10(12(14)15)17-11(13-8)9-7(2)5-6-16-9/h5-6H,3-4H2,1-2H3,(H,14,15). The van der Waals surface area contributed by atoms with Gasteiger partial charge in [-0.05, 0) is 30.4 Å². The zero-order chi connectivity index (χ0) is 12.4. The van der Waals surface area contributed by atoms with Gasteiger partial charge in [-0.15, -0.1) is 22.7 Å². The van der Waals surface area contributed by atoms with Crippen molar-refractivity contribution in [1.29, 1.82) is 0 Å². The molecule has 3 nitrogen and oxygen atoms in total. The van der Waals surface area contributed by atoms with Gasteiger partial charge >= 0.3 is 5.97 Å². The first kappa shape index (κ1) is 12.3. The van der Waals surface area contributed by atoms with Crippen molar-refractivity contribution in [2.45, 2.75) is 26.7 Å². The van der Waals surface area contributed by atoms with Gasteiger partial charge in [-0.1, -0.05) is 13.3 Å². The lowest BCUT2D eigenvalue weighted by atomic mass is 10.2. The molecule has 0 unspecified atom stereocenters. The quantitative estimate of drug-likeness (QED) is 0.915. The molecule has 0 saturated carbocycles. The molecule has 0 aliphatic heterocycles. The Balaban J connectivity index is 2.47. The molecule has 0 aromatic carbocycles. The van der Waals surface area contributed by atoms with E-state index in [4.69, 9.17) is 5.11 Å². The molecule has 0 aliphatic rings. The van der Waals surface area contributed by atoms with Crippen molar-refractivity contribution >= 4 is 28.6 Å². The highest BCUT2D eigenvalue weighted by Crippen LogP contribution is 2.34. The van der Waals surface area contributed by atoms with Crippen LogP contribution in [-0.4, -0.2) is 16.1 Å². The molecule has 5 heteroatoms. The topological polar surface area (TPSA) is 50.2 Å². The summed E-state index contributed by atoms with van der Waals surface area (Å²) in [6.07, 6.45) is 1.63. The van der Waals surface area contributed by atoms with E-state index >= 15 is 0 Å². The van der Waals surface area contributed by atoms with Gasteiger partial charge in [0.2, 0.25) is 0 Å². The van der Waals surface area contributed by atoms with Gasteiger partial charge in [-0.2, -0.15) is 0 Å². The smallest absolute Gasteiger partial charge is 0.347 e. The molecule has 0 amide bonds. The molecule has 90 valence electrons. The van der Waals surface area contributed by atoms with Gasteiger partial charge in [0.05, 0.1) is 10.6 Å². The molecule has 0 atom stereocenters. The minimum Gasteiger partial charge on any atom is -0.477 e. The number of thiophene rings is 1. The van der Waals surface area contributed by atoms with Crippen LogP contribution in [0.4, 0.5) is 0 Å². The molecule has 0 fully saturated rings. The van der Waals surface area contributed by atoms with Crippen LogP contribution < -0.4 is 0 Å². The summed E-state index contributed by atoms with van der Waals surface area (Å²) < 4.78 is 0. The van der Waals surface area contributed by atoms with E-state index in [0.29, 0.717) is 10.6 Å². The number of nitrogens with zero attached hydrogens (tertiary/aromatic N) is 1. The summed E-state index contributed by atoms with van der Waals surface area (Å²) in [7, 11) is 0. The number of aryl methyl sites for hydroxylation is 2. The number of rotatable bonds is 4. The molecule has 0 bridgehead atoms. The zero-order valence-electron chi connectivity index (χ0n) is 9.69. The van der Waals surface area contributed by atoms with Gasteiger partial charge in [0.25, 0.3) is 0 Å². The van der Waals surface area contributed by atoms with E-state index < -0.39 is 5.97 Å². The maximum absolute atomic E-state index is 11.1. The van der Waals surface area contributed by atoms with Crippen LogP contribution in [0.1, 0.15) is 34.3 Å². The molecule has 1 N–H and O–H groups in total. The van der Waals surface area contributed by atoms with Crippen molar-refractivity contribution in [1.82, 2.24) is 4.98 Å². The summed E-state index contributed by atoms with van der Waals surface area (Å²) in [6.45, 7) is 4.05. The Morgan fingerprint density at radius 1 is 1.53 bits per heavy atom. The van der Waals surface area contributed by atoms with Crippen molar-refractivity contribution in [2.24, 2.45) is 0 Å². The summed E-state index contributed by atoms with van der Waals surface area (Å²) in [6, 6.07) is 2.03. The highest BCUT2D eigenvalue weighted by atomic mass is 32.1. The Kier molecular flexibility index (Phi) is 3.59. The van der Waals surface area contributed by atoms with E-state index in [-0.39, 0.29) is 0 Å². The third-order valence-electron chi connectivity index (χ3n) is 2.43. The lowest BCUT2D eigenvalue weighted by Crippen LogP contribution is -1.98. The summed E-state index contributed by atoms with van der Waals surface area (Å²) >= 11 is 2.89. The Morgan fingerprint density at radius 2 is 2.29 bits per heavy atom. The predicted molar refractivity (Wildman–Crippen MR) is 71.1 cm³/mol. The second-order valence-corrected chi connectivity index (χ2v) is 5.70. The van der Waals surface area contributed by atoms with Crippen molar-refractivity contribution in [3.05, 3.63) is 27.6 Å². The number of aromatic nitrogens is 1. The fraction of sp³-hybridized carbons (Fsp3) is 0.333. The fourth-order valence-electron chi connectivity index (χ4n) is 1.61. The number of thiazole rings is 1. The first-order chi connectivity index (χ1) is 8.13. The lowest BCUT2D eigenvalue weighted by Gasteiger charge is -1.93. The van der Waals surface area contributed by atoms with E-state index in [1.165, 1.54) is 11.3 Å². The van der Waals surface area contributed by atoms with E-state index in [1.807, 2.05) is 25.3 Å². The molecule has 0 saturated heterocycles. The summed E-state index contributed by atoms with van der Waals surface area (Å²) in [5, 5.41) is 12.0. The lowest BCUT2D eigenvalue weighted by molar-refractivity contribution is 0.0700. The Hall–Kier alpha value is -1.20. The summed E-state index contributed by atoms with van der Waals surface area (Å²) in [5.41, 5.74) is 1.87. The average molecular weight is 267 g/mol. The highest BCUT2D eigenvalue weighted by molar-refractivity contribution is 7.22. The minimum absolute atomic E-state index is 0.384. The Bertz CT molecular complexity index is 542. The monoisotopic (exact) mass is 267 g/mol. The van der Waals surface area contributed by atoms with Gasteiger partial charge in [-0.25, -0.2) is 9.78 Å². The van der Waals surface area contributed by atoms with Gasteiger partial charge in [0.15, 0.2) is 0 Å². The van der Waals surface area contributed by atoms with Crippen LogP contribution >= 0.6 is 22.7 Å². The van der Waals surface area contributed by atoms with Crippen molar-refractivity contribution in [3.8, 4) is 9.88 Å². The van der Waals surface area contributed by atoms with Gasteiger partial charge in [0, 0.05) is 0 Å².